The summed E-state index contributed by atoms with van der Waals surface area (Å²) in [6.45, 7) is 6.19. The molecule has 1 aromatic rings. The van der Waals surface area contributed by atoms with Crippen LogP contribution in [0.4, 0.5) is 5.69 Å². The number of amides is 1. The molecule has 0 aromatic heterocycles. The van der Waals surface area contributed by atoms with Gasteiger partial charge in [-0.2, -0.15) is 0 Å². The lowest BCUT2D eigenvalue weighted by Gasteiger charge is -2.37. The van der Waals surface area contributed by atoms with Crippen molar-refractivity contribution in [3.05, 3.63) is 29.3 Å². The Hall–Kier alpha value is -1.30. The summed E-state index contributed by atoms with van der Waals surface area (Å²) < 4.78 is 11.3. The first-order chi connectivity index (χ1) is 11.6. The molecule has 1 aromatic carbocycles. The number of hydrogen-bond acceptors (Lipinski definition) is 4. The molecule has 0 spiro atoms. The Labute approximate surface area is 148 Å². The van der Waals surface area contributed by atoms with Crippen LogP contribution in [0.25, 0.3) is 0 Å². The molecule has 24 heavy (non-hydrogen) atoms. The Bertz CT molecular complexity index is 555. The summed E-state index contributed by atoms with van der Waals surface area (Å²) in [5.41, 5.74) is 1.11. The van der Waals surface area contributed by atoms with Gasteiger partial charge in [0, 0.05) is 43.5 Å². The van der Waals surface area contributed by atoms with Crippen molar-refractivity contribution in [1.82, 2.24) is 4.90 Å². The molecule has 0 bridgehead atoms. The van der Waals surface area contributed by atoms with E-state index in [4.69, 9.17) is 21.1 Å². The van der Waals surface area contributed by atoms with Crippen LogP contribution in [0.15, 0.2) is 24.3 Å². The largest absolute Gasteiger partial charge is 0.376 e. The molecule has 5 nitrogen and oxygen atoms in total. The second-order valence-electron chi connectivity index (χ2n) is 6.40. The maximum atomic E-state index is 12.5. The molecule has 0 saturated carbocycles. The fourth-order valence-electron chi connectivity index (χ4n) is 3.21. The molecule has 0 radical (unpaired) electrons. The van der Waals surface area contributed by atoms with E-state index in [9.17, 15) is 4.79 Å². The van der Waals surface area contributed by atoms with Crippen LogP contribution in [0.3, 0.4) is 0 Å². The third kappa shape index (κ3) is 4.41. The SMILES string of the molecule is CC(OCC1CCCO1)C(=O)N1CCN(c2cccc(Cl)c2)CC1. The number of nitrogens with zero attached hydrogens (tertiary/aromatic N) is 2. The molecule has 132 valence electrons. The summed E-state index contributed by atoms with van der Waals surface area (Å²) in [6, 6.07) is 7.84. The van der Waals surface area contributed by atoms with E-state index in [1.54, 1.807) is 0 Å². The molecular formula is C18H25ClN2O3. The third-order valence-corrected chi connectivity index (χ3v) is 4.90. The number of piperazine rings is 1. The molecule has 2 fully saturated rings. The number of carbonyl (C=O) groups excluding carboxylic acids is 1. The lowest BCUT2D eigenvalue weighted by atomic mass is 10.2. The third-order valence-electron chi connectivity index (χ3n) is 4.67. The van der Waals surface area contributed by atoms with Crippen LogP contribution in [0.1, 0.15) is 19.8 Å². The van der Waals surface area contributed by atoms with E-state index in [1.807, 2.05) is 30.0 Å². The van der Waals surface area contributed by atoms with Gasteiger partial charge in [-0.25, -0.2) is 0 Å². The smallest absolute Gasteiger partial charge is 0.251 e. The number of hydrogen-bond donors (Lipinski definition) is 0. The van der Waals surface area contributed by atoms with E-state index in [2.05, 4.69) is 11.0 Å². The van der Waals surface area contributed by atoms with Crippen LogP contribution in [-0.4, -0.2) is 62.4 Å². The van der Waals surface area contributed by atoms with Gasteiger partial charge in [0.25, 0.3) is 5.91 Å². The summed E-state index contributed by atoms with van der Waals surface area (Å²) in [5.74, 6) is 0.0683. The molecule has 6 heteroatoms. The van der Waals surface area contributed by atoms with Crippen molar-refractivity contribution in [2.45, 2.75) is 32.0 Å². The van der Waals surface area contributed by atoms with Gasteiger partial charge in [-0.05, 0) is 38.0 Å². The average molecular weight is 353 g/mol. The second kappa shape index (κ2) is 8.19. The number of halogens is 1. The molecule has 3 rings (SSSR count). The fraction of sp³-hybridized carbons (Fsp3) is 0.611. The number of rotatable bonds is 5. The van der Waals surface area contributed by atoms with E-state index in [0.29, 0.717) is 19.7 Å². The lowest BCUT2D eigenvalue weighted by molar-refractivity contribution is -0.144. The minimum absolute atomic E-state index is 0.0683. The number of ether oxygens (including phenoxy) is 2. The highest BCUT2D eigenvalue weighted by molar-refractivity contribution is 6.30. The summed E-state index contributed by atoms with van der Waals surface area (Å²) >= 11 is 6.06. The van der Waals surface area contributed by atoms with Crippen LogP contribution < -0.4 is 4.90 Å². The zero-order chi connectivity index (χ0) is 16.9. The highest BCUT2D eigenvalue weighted by atomic mass is 35.5. The Morgan fingerprint density at radius 1 is 1.38 bits per heavy atom. The summed E-state index contributed by atoms with van der Waals surface area (Å²) in [7, 11) is 0. The van der Waals surface area contributed by atoms with Crippen molar-refractivity contribution in [3.8, 4) is 0 Å². The highest BCUT2D eigenvalue weighted by Crippen LogP contribution is 2.21. The van der Waals surface area contributed by atoms with Gasteiger partial charge in [0.05, 0.1) is 12.7 Å². The quantitative estimate of drug-likeness (QED) is 0.816. The fourth-order valence-corrected chi connectivity index (χ4v) is 3.40. The second-order valence-corrected chi connectivity index (χ2v) is 6.84. The van der Waals surface area contributed by atoms with Crippen LogP contribution in [0, 0.1) is 0 Å². The normalized spacial score (nSPS) is 22.7. The van der Waals surface area contributed by atoms with Crippen LogP contribution in [0.2, 0.25) is 5.02 Å². The first-order valence-electron chi connectivity index (χ1n) is 8.66. The van der Waals surface area contributed by atoms with Gasteiger partial charge in [-0.1, -0.05) is 17.7 Å². The van der Waals surface area contributed by atoms with Crippen molar-refractivity contribution in [1.29, 1.82) is 0 Å². The van der Waals surface area contributed by atoms with E-state index in [0.717, 1.165) is 43.2 Å². The average Bonchev–Trinajstić information content (AvgIpc) is 3.13. The van der Waals surface area contributed by atoms with Crippen LogP contribution >= 0.6 is 11.6 Å². The van der Waals surface area contributed by atoms with Crippen molar-refractivity contribution in [2.75, 3.05) is 44.3 Å². The highest BCUT2D eigenvalue weighted by Gasteiger charge is 2.26. The van der Waals surface area contributed by atoms with Gasteiger partial charge in [0.2, 0.25) is 0 Å². The predicted octanol–water partition coefficient (Wildman–Crippen LogP) is 2.57. The van der Waals surface area contributed by atoms with Gasteiger partial charge >= 0.3 is 0 Å². The maximum absolute atomic E-state index is 12.5. The molecule has 2 aliphatic heterocycles. The van der Waals surface area contributed by atoms with Gasteiger partial charge in [-0.15, -0.1) is 0 Å². The van der Waals surface area contributed by atoms with Crippen LogP contribution in [0.5, 0.6) is 0 Å². The molecule has 2 saturated heterocycles. The number of carbonyl (C=O) groups is 1. The molecular weight excluding hydrogens is 328 g/mol. The van der Waals surface area contributed by atoms with Gasteiger partial charge in [-0.3, -0.25) is 4.79 Å². The van der Waals surface area contributed by atoms with Gasteiger partial charge in [0.15, 0.2) is 0 Å². The summed E-state index contributed by atoms with van der Waals surface area (Å²) in [6.07, 6.45) is 1.85. The van der Waals surface area contributed by atoms with Crippen molar-refractivity contribution in [3.63, 3.8) is 0 Å². The Kier molecular flexibility index (Phi) is 5.98. The first kappa shape index (κ1) is 17.5. The van der Waals surface area contributed by atoms with E-state index in [-0.39, 0.29) is 12.0 Å². The summed E-state index contributed by atoms with van der Waals surface area (Å²) in [5, 5.41) is 0.738. The molecule has 2 atom stereocenters. The number of anilines is 1. The molecule has 2 aliphatic rings. The van der Waals surface area contributed by atoms with Crippen LogP contribution in [-0.2, 0) is 14.3 Å². The van der Waals surface area contributed by atoms with Crippen molar-refractivity contribution in [2.24, 2.45) is 0 Å². The minimum atomic E-state index is -0.410. The maximum Gasteiger partial charge on any atom is 0.251 e. The van der Waals surface area contributed by atoms with Crippen molar-refractivity contribution >= 4 is 23.2 Å². The van der Waals surface area contributed by atoms with Gasteiger partial charge in [0.1, 0.15) is 6.10 Å². The van der Waals surface area contributed by atoms with E-state index < -0.39 is 6.10 Å². The topological polar surface area (TPSA) is 42.0 Å². The standard InChI is InChI=1S/C18H25ClN2O3/c1-14(24-13-17-6-3-11-23-17)18(22)21-9-7-20(8-10-21)16-5-2-4-15(19)12-16/h2,4-5,12,14,17H,3,6-11,13H2,1H3. The Morgan fingerprint density at radius 3 is 2.83 bits per heavy atom. The Morgan fingerprint density at radius 2 is 2.17 bits per heavy atom. The molecule has 1 amide bonds. The van der Waals surface area contributed by atoms with E-state index in [1.165, 1.54) is 0 Å². The Balaban J connectivity index is 1.45. The molecule has 2 unspecified atom stereocenters. The molecule has 2 heterocycles. The zero-order valence-electron chi connectivity index (χ0n) is 14.1. The number of benzene rings is 1. The molecule has 0 aliphatic carbocycles. The lowest BCUT2D eigenvalue weighted by Crippen LogP contribution is -2.51. The molecule has 0 N–H and O–H groups in total. The first-order valence-corrected chi connectivity index (χ1v) is 9.04. The zero-order valence-corrected chi connectivity index (χ0v) is 14.9. The summed E-state index contributed by atoms with van der Waals surface area (Å²) in [4.78, 5) is 16.7. The van der Waals surface area contributed by atoms with Gasteiger partial charge < -0.3 is 19.3 Å². The minimum Gasteiger partial charge on any atom is -0.376 e. The van der Waals surface area contributed by atoms with E-state index >= 15 is 0 Å². The monoisotopic (exact) mass is 352 g/mol. The van der Waals surface area contributed by atoms with Crippen molar-refractivity contribution < 1.29 is 14.3 Å². The predicted molar refractivity (Wildman–Crippen MR) is 94.6 cm³/mol.